The second-order valence-corrected chi connectivity index (χ2v) is 16.1. The molecule has 0 aromatic heterocycles. The van der Waals surface area contributed by atoms with E-state index in [-0.39, 0.29) is 57.7 Å². The van der Waals surface area contributed by atoms with Gasteiger partial charge in [-0.1, -0.05) is 65.7 Å². The maximum absolute atomic E-state index is 14.2. The van der Waals surface area contributed by atoms with Crippen LogP contribution >= 0.6 is 0 Å². The molecule has 2 atom stereocenters. The van der Waals surface area contributed by atoms with E-state index in [1.54, 1.807) is 60.4 Å². The molecule has 0 radical (unpaired) electrons. The predicted octanol–water partition coefficient (Wildman–Crippen LogP) is 4.96. The lowest BCUT2D eigenvalue weighted by atomic mass is 10.00. The van der Waals surface area contributed by atoms with Gasteiger partial charge in [0.15, 0.2) is 9.84 Å². The average molecular weight is 698 g/mol. The lowest BCUT2D eigenvalue weighted by Gasteiger charge is -2.39. The lowest BCUT2D eigenvalue weighted by molar-refractivity contribution is -0.144. The maximum Gasteiger partial charge on any atom is 0.295 e. The lowest BCUT2D eigenvalue weighted by Crippen LogP contribution is -2.56. The van der Waals surface area contributed by atoms with Crippen LogP contribution in [-0.4, -0.2) is 69.9 Å². The van der Waals surface area contributed by atoms with Crippen LogP contribution in [0.1, 0.15) is 44.8 Å². The van der Waals surface area contributed by atoms with Gasteiger partial charge in [0.1, 0.15) is 5.25 Å². The number of amides is 2. The topological polar surface area (TPSA) is 138 Å². The van der Waals surface area contributed by atoms with Crippen LogP contribution in [-0.2, 0) is 29.4 Å². The third-order valence-corrected chi connectivity index (χ3v) is 12.2. The summed E-state index contributed by atoms with van der Waals surface area (Å²) in [5.74, 6) is -1.94. The van der Waals surface area contributed by atoms with E-state index in [0.717, 1.165) is 11.1 Å². The van der Waals surface area contributed by atoms with E-state index in [9.17, 15) is 31.2 Å². The molecule has 252 valence electrons. The van der Waals surface area contributed by atoms with Crippen molar-refractivity contribution < 1.29 is 31.2 Å². The maximum atomic E-state index is 14.2. The van der Waals surface area contributed by atoms with Gasteiger partial charge < -0.3 is 9.80 Å². The first-order valence-corrected chi connectivity index (χ1v) is 18.8. The number of sulfone groups is 1. The molecule has 4 aromatic carbocycles. The number of Topliss-reactive ketones (excluding diaryl/α,β-unsaturated/α-hetero) is 1. The van der Waals surface area contributed by atoms with Crippen molar-refractivity contribution in [2.24, 2.45) is 0 Å². The van der Waals surface area contributed by atoms with Crippen molar-refractivity contribution in [3.63, 3.8) is 0 Å². The molecule has 1 unspecified atom stereocenters. The average Bonchev–Trinajstić information content (AvgIpc) is 3.49. The minimum absolute atomic E-state index is 0.0191. The van der Waals surface area contributed by atoms with Gasteiger partial charge in [-0.2, -0.15) is 0 Å². The third kappa shape index (κ3) is 6.53. The van der Waals surface area contributed by atoms with Crippen molar-refractivity contribution in [2.45, 2.75) is 41.9 Å². The van der Waals surface area contributed by atoms with E-state index in [0.29, 0.717) is 5.56 Å². The van der Waals surface area contributed by atoms with Gasteiger partial charge in [0, 0.05) is 42.4 Å². The van der Waals surface area contributed by atoms with Crippen LogP contribution in [0.25, 0.3) is 5.57 Å². The second kappa shape index (κ2) is 13.1. The molecule has 1 fully saturated rings. The number of hydrogen-bond donors (Lipinski definition) is 1. The number of sulfonamides is 1. The number of nitrogens with zero attached hydrogens (tertiary/aromatic N) is 2. The number of nitrogens with one attached hydrogen (secondary N) is 1. The molecule has 10 nitrogen and oxygen atoms in total. The summed E-state index contributed by atoms with van der Waals surface area (Å²) in [6.07, 6.45) is 1.24. The van der Waals surface area contributed by atoms with E-state index in [1.807, 2.05) is 19.9 Å². The SMILES string of the molecule is Cc1ccc(S(=O)(=O)Nc2cccc3c2C(S(=O)(=O)c2ccc(C)cc2)C=C3C(=O)C(=O)N2CCN(C(=O)c3ccccc3)C[C@H]2C)cc1. The first kappa shape index (κ1) is 33.8. The fraction of sp³-hybridized carbons (Fsp3) is 0.216. The Balaban J connectivity index is 1.34. The van der Waals surface area contributed by atoms with Gasteiger partial charge in [-0.05, 0) is 74.9 Å². The Hall–Kier alpha value is -5.07. The number of fused-ring (bicyclic) bond motifs is 1. The summed E-state index contributed by atoms with van der Waals surface area (Å²) < 4.78 is 57.8. The molecule has 1 aliphatic carbocycles. The predicted molar refractivity (Wildman–Crippen MR) is 186 cm³/mol. The number of benzene rings is 4. The van der Waals surface area contributed by atoms with Crippen molar-refractivity contribution in [2.75, 3.05) is 24.4 Å². The minimum Gasteiger partial charge on any atom is -0.335 e. The number of hydrogen-bond acceptors (Lipinski definition) is 7. The third-order valence-electron chi connectivity index (χ3n) is 8.89. The highest BCUT2D eigenvalue weighted by Crippen LogP contribution is 2.46. The van der Waals surface area contributed by atoms with Crippen LogP contribution in [0.15, 0.2) is 113 Å². The standard InChI is InChI=1S/C37H35N3O7S2/c1-24-12-16-28(17-13-24)48(44,45)33-22-31(30-10-7-11-32(34(30)33)38-49(46,47)29-18-14-25(2)15-19-29)35(41)37(43)40-21-20-39(23-26(40)3)36(42)27-8-5-4-6-9-27/h4-19,22,26,33,38H,20-21,23H2,1-3H3/t26-,33?/m1/s1. The van der Waals surface area contributed by atoms with Gasteiger partial charge in [-0.25, -0.2) is 16.8 Å². The smallest absolute Gasteiger partial charge is 0.295 e. The fourth-order valence-corrected chi connectivity index (χ4v) is 8.98. The highest BCUT2D eigenvalue weighted by molar-refractivity contribution is 7.93. The first-order valence-electron chi connectivity index (χ1n) is 15.7. The molecule has 1 aliphatic heterocycles. The van der Waals surface area contributed by atoms with E-state index >= 15 is 0 Å². The van der Waals surface area contributed by atoms with Gasteiger partial charge in [-0.3, -0.25) is 19.1 Å². The van der Waals surface area contributed by atoms with Crippen LogP contribution in [0.3, 0.4) is 0 Å². The zero-order valence-corrected chi connectivity index (χ0v) is 28.8. The van der Waals surface area contributed by atoms with Crippen LogP contribution in [0, 0.1) is 13.8 Å². The molecule has 4 aromatic rings. The molecular formula is C37H35N3O7S2. The van der Waals surface area contributed by atoms with Gasteiger partial charge >= 0.3 is 0 Å². The number of ketones is 1. The van der Waals surface area contributed by atoms with Gasteiger partial charge in [-0.15, -0.1) is 0 Å². The zero-order valence-electron chi connectivity index (χ0n) is 27.2. The summed E-state index contributed by atoms with van der Waals surface area (Å²) in [6, 6.07) is 25.2. The van der Waals surface area contributed by atoms with Crippen molar-refractivity contribution >= 4 is 48.7 Å². The molecular weight excluding hydrogens is 663 g/mol. The highest BCUT2D eigenvalue weighted by Gasteiger charge is 2.42. The van der Waals surface area contributed by atoms with Crippen LogP contribution in [0.5, 0.6) is 0 Å². The van der Waals surface area contributed by atoms with Crippen LogP contribution in [0.2, 0.25) is 0 Å². The molecule has 0 saturated carbocycles. The van der Waals surface area contributed by atoms with E-state index in [4.69, 9.17) is 0 Å². The number of rotatable bonds is 8. The Kier molecular flexibility index (Phi) is 9.03. The number of anilines is 1. The molecule has 0 spiro atoms. The highest BCUT2D eigenvalue weighted by atomic mass is 32.2. The van der Waals surface area contributed by atoms with Crippen LogP contribution in [0.4, 0.5) is 5.69 Å². The summed E-state index contributed by atoms with van der Waals surface area (Å²) in [5, 5.41) is -1.47. The minimum atomic E-state index is -4.22. The van der Waals surface area contributed by atoms with Gasteiger partial charge in [0.05, 0.1) is 15.5 Å². The Morgan fingerprint density at radius 2 is 1.35 bits per heavy atom. The molecule has 49 heavy (non-hydrogen) atoms. The monoisotopic (exact) mass is 697 g/mol. The summed E-state index contributed by atoms with van der Waals surface area (Å²) in [4.78, 5) is 43.9. The van der Waals surface area contributed by atoms with Crippen molar-refractivity contribution in [1.29, 1.82) is 0 Å². The van der Waals surface area contributed by atoms with Crippen molar-refractivity contribution in [1.82, 2.24) is 9.80 Å². The Bertz CT molecular complexity index is 2200. The second-order valence-electron chi connectivity index (χ2n) is 12.3. The molecule has 6 rings (SSSR count). The van der Waals surface area contributed by atoms with Gasteiger partial charge in [0.25, 0.3) is 27.6 Å². The number of carbonyl (C=O) groups excluding carboxylic acids is 3. The molecule has 2 amide bonds. The van der Waals surface area contributed by atoms with Crippen molar-refractivity contribution in [3.8, 4) is 0 Å². The summed E-state index contributed by atoms with van der Waals surface area (Å²) in [6.45, 7) is 5.91. The first-order chi connectivity index (χ1) is 23.3. The van der Waals surface area contributed by atoms with E-state index in [2.05, 4.69) is 4.72 Å². The molecule has 1 saturated heterocycles. The Labute approximate surface area is 286 Å². The summed E-state index contributed by atoms with van der Waals surface area (Å²) >= 11 is 0. The summed E-state index contributed by atoms with van der Waals surface area (Å²) in [5.41, 5.74) is 2.27. The Morgan fingerprint density at radius 1 is 0.735 bits per heavy atom. The van der Waals surface area contributed by atoms with Crippen LogP contribution < -0.4 is 4.72 Å². The fourth-order valence-electron chi connectivity index (χ4n) is 6.21. The summed E-state index contributed by atoms with van der Waals surface area (Å²) in [7, 11) is -8.38. The van der Waals surface area contributed by atoms with Gasteiger partial charge in [0.2, 0.25) is 0 Å². The van der Waals surface area contributed by atoms with E-state index < -0.39 is 42.8 Å². The van der Waals surface area contributed by atoms with Crippen molar-refractivity contribution in [3.05, 3.63) is 131 Å². The largest absolute Gasteiger partial charge is 0.335 e. The molecule has 0 bridgehead atoms. The molecule has 1 heterocycles. The number of carbonyl (C=O) groups is 3. The normalized spacial score (nSPS) is 17.7. The molecule has 2 aliphatic rings. The quantitative estimate of drug-likeness (QED) is 0.257. The number of aryl methyl sites for hydroxylation is 2. The number of piperazine rings is 1. The molecule has 12 heteroatoms. The molecule has 1 N–H and O–H groups in total. The van der Waals surface area contributed by atoms with E-state index in [1.165, 1.54) is 53.4 Å². The Morgan fingerprint density at radius 3 is 1.96 bits per heavy atom. The zero-order chi connectivity index (χ0) is 35.1.